The largest absolute Gasteiger partial charge is 0.376 e. The summed E-state index contributed by atoms with van der Waals surface area (Å²) >= 11 is 0. The summed E-state index contributed by atoms with van der Waals surface area (Å²) < 4.78 is 6.44. The smallest absolute Gasteiger partial charge is 0.0991 e. The first kappa shape index (κ1) is 21.3. The average molecular weight is 434 g/mol. The molecule has 0 unspecified atom stereocenters. The van der Waals surface area contributed by atoms with E-state index in [0.717, 1.165) is 53.5 Å². The number of hydrogen-bond donors (Lipinski definition) is 1. The first-order chi connectivity index (χ1) is 16.3. The third kappa shape index (κ3) is 4.52. The lowest BCUT2D eigenvalue weighted by atomic mass is 9.74. The van der Waals surface area contributed by atoms with Crippen molar-refractivity contribution < 1.29 is 4.74 Å². The normalized spacial score (nSPS) is 15.2. The Balaban J connectivity index is 1.42. The Morgan fingerprint density at radius 2 is 1.70 bits per heavy atom. The van der Waals surface area contributed by atoms with Crippen molar-refractivity contribution in [2.45, 2.75) is 24.9 Å². The Morgan fingerprint density at radius 1 is 0.909 bits per heavy atom. The van der Waals surface area contributed by atoms with Crippen molar-refractivity contribution in [2.75, 3.05) is 19.7 Å². The van der Waals surface area contributed by atoms with Crippen LogP contribution < -0.4 is 5.32 Å². The van der Waals surface area contributed by atoms with E-state index in [9.17, 15) is 0 Å². The van der Waals surface area contributed by atoms with E-state index >= 15 is 0 Å². The molecule has 0 radical (unpaired) electrons. The molecule has 0 amide bonds. The van der Waals surface area contributed by atoms with E-state index in [1.54, 1.807) is 0 Å². The molecule has 33 heavy (non-hydrogen) atoms. The number of rotatable bonds is 6. The molecular weight excluding hydrogens is 406 g/mol. The molecule has 4 heteroatoms. The molecule has 1 fully saturated rings. The van der Waals surface area contributed by atoms with E-state index in [1.807, 2.05) is 36.5 Å². The van der Waals surface area contributed by atoms with Gasteiger partial charge in [0.2, 0.25) is 0 Å². The molecule has 1 aliphatic rings. The maximum Gasteiger partial charge on any atom is 0.0991 e. The van der Waals surface area contributed by atoms with Crippen molar-refractivity contribution in [2.24, 2.45) is 0 Å². The lowest BCUT2D eigenvalue weighted by Gasteiger charge is -2.38. The number of benzene rings is 3. The highest BCUT2D eigenvalue weighted by Gasteiger charge is 2.34. The van der Waals surface area contributed by atoms with Crippen LogP contribution in [0.2, 0.25) is 0 Å². The number of fused-ring (bicyclic) bond motifs is 1. The van der Waals surface area contributed by atoms with Gasteiger partial charge in [-0.2, -0.15) is 5.26 Å². The van der Waals surface area contributed by atoms with Gasteiger partial charge in [-0.1, -0.05) is 48.5 Å². The Morgan fingerprint density at radius 3 is 2.45 bits per heavy atom. The molecule has 164 valence electrons. The molecule has 5 rings (SSSR count). The molecule has 0 aliphatic carbocycles. The van der Waals surface area contributed by atoms with Crippen LogP contribution in [0.4, 0.5) is 0 Å². The third-order valence-corrected chi connectivity index (χ3v) is 6.71. The second-order valence-corrected chi connectivity index (χ2v) is 8.79. The number of ether oxygens (including phenoxy) is 1. The highest BCUT2D eigenvalue weighted by molar-refractivity contribution is 5.87. The summed E-state index contributed by atoms with van der Waals surface area (Å²) in [5.41, 5.74) is 6.33. The zero-order chi connectivity index (χ0) is 22.5. The van der Waals surface area contributed by atoms with Crippen LogP contribution in [0.1, 0.15) is 29.5 Å². The third-order valence-electron chi connectivity index (χ3n) is 6.71. The SMILES string of the molecule is N#Cc1ccc(-c2cc(COCC3(c4ccccc4)CCNCC3)c3ncccc3c2)cc1. The Labute approximate surface area is 194 Å². The summed E-state index contributed by atoms with van der Waals surface area (Å²) in [6.07, 6.45) is 3.98. The minimum atomic E-state index is 0.0421. The summed E-state index contributed by atoms with van der Waals surface area (Å²) in [6.45, 7) is 3.22. The van der Waals surface area contributed by atoms with Crippen LogP contribution in [0.3, 0.4) is 0 Å². The quantitative estimate of drug-likeness (QED) is 0.429. The molecule has 0 atom stereocenters. The number of hydrogen-bond acceptors (Lipinski definition) is 4. The first-order valence-electron chi connectivity index (χ1n) is 11.5. The molecule has 1 aromatic heterocycles. The second-order valence-electron chi connectivity index (χ2n) is 8.79. The predicted molar refractivity (Wildman–Crippen MR) is 132 cm³/mol. The van der Waals surface area contributed by atoms with Crippen LogP contribution in [0, 0.1) is 11.3 Å². The van der Waals surface area contributed by atoms with Crippen molar-refractivity contribution in [1.29, 1.82) is 5.26 Å². The second kappa shape index (κ2) is 9.54. The van der Waals surface area contributed by atoms with E-state index in [-0.39, 0.29) is 5.41 Å². The van der Waals surface area contributed by atoms with Gasteiger partial charge >= 0.3 is 0 Å². The highest BCUT2D eigenvalue weighted by atomic mass is 16.5. The fourth-order valence-corrected chi connectivity index (χ4v) is 4.85. The van der Waals surface area contributed by atoms with Gasteiger partial charge in [0.05, 0.1) is 30.4 Å². The van der Waals surface area contributed by atoms with Gasteiger partial charge in [-0.15, -0.1) is 0 Å². The molecule has 4 nitrogen and oxygen atoms in total. The van der Waals surface area contributed by atoms with Gasteiger partial charge in [0.15, 0.2) is 0 Å². The van der Waals surface area contributed by atoms with E-state index in [2.05, 4.69) is 64.9 Å². The zero-order valence-electron chi connectivity index (χ0n) is 18.6. The van der Waals surface area contributed by atoms with Crippen molar-refractivity contribution in [3.63, 3.8) is 0 Å². The number of aromatic nitrogens is 1. The van der Waals surface area contributed by atoms with Gasteiger partial charge in [0, 0.05) is 22.6 Å². The molecule has 2 heterocycles. The maximum atomic E-state index is 9.11. The molecule has 4 aromatic rings. The maximum absolute atomic E-state index is 9.11. The molecule has 1 N–H and O–H groups in total. The standard InChI is InChI=1S/C29H27N3O/c30-19-22-8-10-23(11-9-22)25-17-24-5-4-14-32-28(24)26(18-25)20-33-21-29(12-15-31-16-13-29)27-6-2-1-3-7-27/h1-11,14,17-18,31H,12-13,15-16,20-21H2. The van der Waals surface area contributed by atoms with Gasteiger partial charge in [0.25, 0.3) is 0 Å². The topological polar surface area (TPSA) is 57.9 Å². The number of nitrogens with one attached hydrogen (secondary N) is 1. The molecule has 1 aliphatic heterocycles. The van der Waals surface area contributed by atoms with Crippen LogP contribution in [-0.4, -0.2) is 24.7 Å². The Kier molecular flexibility index (Phi) is 6.17. The molecule has 1 saturated heterocycles. The Hall–Kier alpha value is -3.52. The predicted octanol–water partition coefficient (Wildman–Crippen LogP) is 5.61. The van der Waals surface area contributed by atoms with E-state index in [4.69, 9.17) is 10.00 Å². The molecule has 3 aromatic carbocycles. The lowest BCUT2D eigenvalue weighted by Crippen LogP contribution is -2.43. The van der Waals surface area contributed by atoms with Crippen LogP contribution in [0.5, 0.6) is 0 Å². The lowest BCUT2D eigenvalue weighted by molar-refractivity contribution is 0.0570. The molecule has 0 saturated carbocycles. The minimum Gasteiger partial charge on any atom is -0.376 e. The number of nitriles is 1. The van der Waals surface area contributed by atoms with Crippen LogP contribution in [-0.2, 0) is 16.8 Å². The monoisotopic (exact) mass is 433 g/mol. The van der Waals surface area contributed by atoms with Crippen molar-refractivity contribution >= 4 is 10.9 Å². The highest BCUT2D eigenvalue weighted by Crippen LogP contribution is 2.34. The fraction of sp³-hybridized carbons (Fsp3) is 0.241. The minimum absolute atomic E-state index is 0.0421. The summed E-state index contributed by atoms with van der Waals surface area (Å²) in [5, 5.41) is 13.7. The summed E-state index contributed by atoms with van der Waals surface area (Å²) in [6, 6.07) is 29.1. The van der Waals surface area contributed by atoms with Crippen LogP contribution in [0.25, 0.3) is 22.0 Å². The van der Waals surface area contributed by atoms with Gasteiger partial charge in [-0.05, 0) is 73.0 Å². The summed E-state index contributed by atoms with van der Waals surface area (Å²) in [4.78, 5) is 4.65. The number of nitrogens with zero attached hydrogens (tertiary/aromatic N) is 2. The number of piperidine rings is 1. The van der Waals surface area contributed by atoms with Gasteiger partial charge < -0.3 is 10.1 Å². The van der Waals surface area contributed by atoms with Crippen molar-refractivity contribution in [1.82, 2.24) is 10.3 Å². The first-order valence-corrected chi connectivity index (χ1v) is 11.5. The van der Waals surface area contributed by atoms with E-state index in [0.29, 0.717) is 18.8 Å². The van der Waals surface area contributed by atoms with Crippen molar-refractivity contribution in [3.05, 3.63) is 102 Å². The Bertz CT molecular complexity index is 1270. The average Bonchev–Trinajstić information content (AvgIpc) is 2.89. The number of pyridine rings is 1. The molecule has 0 bridgehead atoms. The van der Waals surface area contributed by atoms with E-state index in [1.165, 1.54) is 5.56 Å². The molecule has 0 spiro atoms. The van der Waals surface area contributed by atoms with E-state index < -0.39 is 0 Å². The van der Waals surface area contributed by atoms with Gasteiger partial charge in [-0.25, -0.2) is 0 Å². The summed E-state index contributed by atoms with van der Waals surface area (Å²) in [5.74, 6) is 0. The fourth-order valence-electron chi connectivity index (χ4n) is 4.85. The summed E-state index contributed by atoms with van der Waals surface area (Å²) in [7, 11) is 0. The van der Waals surface area contributed by atoms with Crippen LogP contribution >= 0.6 is 0 Å². The van der Waals surface area contributed by atoms with Crippen LogP contribution in [0.15, 0.2) is 85.1 Å². The van der Waals surface area contributed by atoms with Gasteiger partial charge in [-0.3, -0.25) is 4.98 Å². The van der Waals surface area contributed by atoms with Gasteiger partial charge in [0.1, 0.15) is 0 Å². The zero-order valence-corrected chi connectivity index (χ0v) is 18.6. The molecular formula is C29H27N3O. The van der Waals surface area contributed by atoms with Crippen molar-refractivity contribution in [3.8, 4) is 17.2 Å².